The Hall–Kier alpha value is -0.0500. The lowest BCUT2D eigenvalue weighted by molar-refractivity contribution is -0.135. The Balaban J connectivity index is 3.99. The van der Waals surface area contributed by atoms with Gasteiger partial charge in [0.25, 0.3) is 0 Å². The molecule has 84 valence electrons. The molecule has 14 heavy (non-hydrogen) atoms. The minimum Gasteiger partial charge on any atom is -0.345 e. The number of carbonyl (C=O) groups is 1. The second-order valence-corrected chi connectivity index (χ2v) is 5.93. The molecule has 0 aliphatic carbocycles. The quantitative estimate of drug-likeness (QED) is 0.699. The number of hydrogen-bond acceptors (Lipinski definition) is 1. The summed E-state index contributed by atoms with van der Waals surface area (Å²) in [6.07, 6.45) is 1.01. The van der Waals surface area contributed by atoms with Crippen molar-refractivity contribution in [1.29, 1.82) is 0 Å². The van der Waals surface area contributed by atoms with Gasteiger partial charge in [-0.3, -0.25) is 4.79 Å². The van der Waals surface area contributed by atoms with E-state index in [9.17, 15) is 4.79 Å². The number of nitrogens with zero attached hydrogens (tertiary/aromatic N) is 1. The van der Waals surface area contributed by atoms with Crippen LogP contribution in [0.5, 0.6) is 0 Å². The van der Waals surface area contributed by atoms with E-state index in [1.807, 2.05) is 18.9 Å². The fraction of sp³-hybridized carbons (Fsp3) is 0.909. The Morgan fingerprint density at radius 1 is 1.29 bits per heavy atom. The lowest BCUT2D eigenvalue weighted by atomic mass is 9.97. The van der Waals surface area contributed by atoms with Crippen LogP contribution in [0.15, 0.2) is 0 Å². The molecule has 0 saturated carbocycles. The van der Waals surface area contributed by atoms with Crippen molar-refractivity contribution < 1.29 is 4.79 Å². The van der Waals surface area contributed by atoms with E-state index < -0.39 is 0 Å². The van der Waals surface area contributed by atoms with Crippen LogP contribution in [0.2, 0.25) is 0 Å². The van der Waals surface area contributed by atoms with Gasteiger partial charge >= 0.3 is 0 Å². The second kappa shape index (κ2) is 6.44. The molecule has 2 atom stereocenters. The van der Waals surface area contributed by atoms with E-state index in [0.717, 1.165) is 13.0 Å². The maximum atomic E-state index is 11.8. The van der Waals surface area contributed by atoms with Gasteiger partial charge in [0.15, 0.2) is 0 Å². The Kier molecular flexibility index (Phi) is 6.41. The predicted molar refractivity (Wildman–Crippen MR) is 64.6 cm³/mol. The summed E-state index contributed by atoms with van der Waals surface area (Å²) in [4.78, 5) is 14.1. The molecule has 0 heterocycles. The van der Waals surface area contributed by atoms with Gasteiger partial charge in [-0.2, -0.15) is 0 Å². The van der Waals surface area contributed by atoms with Crippen LogP contribution in [0, 0.1) is 11.8 Å². The third kappa shape index (κ3) is 4.99. The Labute approximate surface area is 96.2 Å². The second-order valence-electron chi connectivity index (χ2n) is 4.36. The first-order chi connectivity index (χ1) is 6.36. The highest BCUT2D eigenvalue weighted by Gasteiger charge is 2.20. The average molecular weight is 264 g/mol. The van der Waals surface area contributed by atoms with Crippen molar-refractivity contribution in [3.8, 4) is 0 Å². The van der Waals surface area contributed by atoms with Gasteiger partial charge < -0.3 is 4.90 Å². The maximum Gasteiger partial charge on any atom is 0.225 e. The maximum absolute atomic E-state index is 11.8. The number of amides is 1. The van der Waals surface area contributed by atoms with E-state index in [1.54, 1.807) is 0 Å². The highest BCUT2D eigenvalue weighted by molar-refractivity contribution is 9.09. The molecule has 0 aromatic heterocycles. The molecule has 0 aromatic carbocycles. The van der Waals surface area contributed by atoms with Crippen molar-refractivity contribution in [1.82, 2.24) is 4.90 Å². The molecule has 0 aliphatic rings. The Morgan fingerprint density at radius 2 is 1.79 bits per heavy atom. The van der Waals surface area contributed by atoms with Crippen molar-refractivity contribution in [2.45, 2.75) is 38.9 Å². The van der Waals surface area contributed by atoms with Crippen molar-refractivity contribution in [2.24, 2.45) is 11.8 Å². The molecule has 0 saturated heterocycles. The van der Waals surface area contributed by atoms with Crippen LogP contribution in [0.4, 0.5) is 0 Å². The lowest BCUT2D eigenvalue weighted by Gasteiger charge is -2.23. The topological polar surface area (TPSA) is 20.3 Å². The number of rotatable bonds is 5. The minimum absolute atomic E-state index is 0.130. The molecule has 0 bridgehead atoms. The molecule has 0 aliphatic heterocycles. The van der Waals surface area contributed by atoms with E-state index in [1.165, 1.54) is 0 Å². The predicted octanol–water partition coefficient (Wildman–Crippen LogP) is 2.91. The van der Waals surface area contributed by atoms with Gasteiger partial charge in [0.05, 0.1) is 0 Å². The molecule has 0 aromatic rings. The molecule has 2 nitrogen and oxygen atoms in total. The largest absolute Gasteiger partial charge is 0.345 e. The molecule has 0 N–H and O–H groups in total. The van der Waals surface area contributed by atoms with E-state index in [0.29, 0.717) is 10.7 Å². The zero-order chi connectivity index (χ0) is 11.3. The van der Waals surface area contributed by atoms with Gasteiger partial charge in [0, 0.05) is 24.3 Å². The molecule has 2 unspecified atom stereocenters. The standard InChI is InChI=1S/C11H22BrNO/c1-8(2)10(4)11(14)13(5)7-6-9(3)12/h8-10H,6-7H2,1-5H3. The smallest absolute Gasteiger partial charge is 0.225 e. The third-order valence-electron chi connectivity index (χ3n) is 2.63. The van der Waals surface area contributed by atoms with Gasteiger partial charge in [0.2, 0.25) is 5.91 Å². The number of alkyl halides is 1. The van der Waals surface area contributed by atoms with E-state index in [4.69, 9.17) is 0 Å². The molecule has 3 heteroatoms. The van der Waals surface area contributed by atoms with Crippen molar-refractivity contribution >= 4 is 21.8 Å². The van der Waals surface area contributed by atoms with Crippen LogP contribution in [-0.2, 0) is 4.79 Å². The summed E-state index contributed by atoms with van der Waals surface area (Å²) in [7, 11) is 1.89. The molecule has 0 rings (SSSR count). The summed E-state index contributed by atoms with van der Waals surface area (Å²) in [5, 5.41) is 0. The fourth-order valence-corrected chi connectivity index (χ4v) is 1.32. The summed E-state index contributed by atoms with van der Waals surface area (Å²) in [6, 6.07) is 0. The van der Waals surface area contributed by atoms with Gasteiger partial charge in [-0.15, -0.1) is 0 Å². The van der Waals surface area contributed by atoms with Gasteiger partial charge in [0.1, 0.15) is 0 Å². The summed E-state index contributed by atoms with van der Waals surface area (Å²) in [5.41, 5.74) is 0. The molecular weight excluding hydrogens is 242 g/mol. The number of halogens is 1. The molecule has 0 fully saturated rings. The van der Waals surface area contributed by atoms with E-state index in [2.05, 4.69) is 36.7 Å². The van der Waals surface area contributed by atoms with Crippen LogP contribution in [0.3, 0.4) is 0 Å². The highest BCUT2D eigenvalue weighted by atomic mass is 79.9. The first-order valence-corrected chi connectivity index (χ1v) is 6.16. The first kappa shape index (κ1) is 13.9. The van der Waals surface area contributed by atoms with E-state index >= 15 is 0 Å². The number of carbonyl (C=O) groups excluding carboxylic acids is 1. The summed E-state index contributed by atoms with van der Waals surface area (Å²) < 4.78 is 0. The van der Waals surface area contributed by atoms with Crippen molar-refractivity contribution in [2.75, 3.05) is 13.6 Å². The van der Waals surface area contributed by atoms with Crippen molar-refractivity contribution in [3.63, 3.8) is 0 Å². The molecule has 1 amide bonds. The average Bonchev–Trinajstić information content (AvgIpc) is 2.11. The highest BCUT2D eigenvalue weighted by Crippen LogP contribution is 2.13. The molecule has 0 radical (unpaired) electrons. The van der Waals surface area contributed by atoms with Crippen LogP contribution < -0.4 is 0 Å². The van der Waals surface area contributed by atoms with Gasteiger partial charge in [-0.25, -0.2) is 0 Å². The van der Waals surface area contributed by atoms with Crippen LogP contribution >= 0.6 is 15.9 Å². The van der Waals surface area contributed by atoms with Crippen LogP contribution in [-0.4, -0.2) is 29.2 Å². The SMILES string of the molecule is CC(Br)CCN(C)C(=O)C(C)C(C)C. The summed E-state index contributed by atoms with van der Waals surface area (Å²) in [5.74, 6) is 0.810. The first-order valence-electron chi connectivity index (χ1n) is 5.25. The fourth-order valence-electron chi connectivity index (χ4n) is 1.11. The van der Waals surface area contributed by atoms with Crippen LogP contribution in [0.1, 0.15) is 34.1 Å². The molecular formula is C11H22BrNO. The van der Waals surface area contributed by atoms with E-state index in [-0.39, 0.29) is 11.8 Å². The van der Waals surface area contributed by atoms with Gasteiger partial charge in [-0.05, 0) is 12.3 Å². The summed E-state index contributed by atoms with van der Waals surface area (Å²) in [6.45, 7) is 9.11. The minimum atomic E-state index is 0.130. The Bertz CT molecular complexity index is 180. The Morgan fingerprint density at radius 3 is 2.14 bits per heavy atom. The van der Waals surface area contributed by atoms with Gasteiger partial charge in [-0.1, -0.05) is 43.6 Å². The normalized spacial score (nSPS) is 15.4. The number of hydrogen-bond donors (Lipinski definition) is 0. The lowest BCUT2D eigenvalue weighted by Crippen LogP contribution is -2.35. The van der Waals surface area contributed by atoms with Crippen molar-refractivity contribution in [3.05, 3.63) is 0 Å². The zero-order valence-corrected chi connectivity index (χ0v) is 11.5. The summed E-state index contributed by atoms with van der Waals surface area (Å²) >= 11 is 3.48. The monoisotopic (exact) mass is 263 g/mol. The third-order valence-corrected chi connectivity index (χ3v) is 3.09. The van der Waals surface area contributed by atoms with Crippen LogP contribution in [0.25, 0.3) is 0 Å². The zero-order valence-electron chi connectivity index (χ0n) is 9.88. The molecule has 0 spiro atoms.